The Morgan fingerprint density at radius 1 is 0.778 bits per heavy atom. The topological polar surface area (TPSA) is 0 Å². The van der Waals surface area contributed by atoms with E-state index in [0.29, 0.717) is 0 Å². The van der Waals surface area contributed by atoms with Crippen LogP contribution in [0, 0.1) is 0 Å². The molecule has 0 heterocycles. The van der Waals surface area contributed by atoms with Gasteiger partial charge in [-0.25, -0.2) is 0 Å². The van der Waals surface area contributed by atoms with Crippen molar-refractivity contribution in [2.75, 3.05) is 0 Å². The second kappa shape index (κ2) is 7.43. The van der Waals surface area contributed by atoms with Gasteiger partial charge in [0.25, 0.3) is 0 Å². The Morgan fingerprint density at radius 3 is 1.11 bits per heavy atom. The molecule has 0 saturated heterocycles. The summed E-state index contributed by atoms with van der Waals surface area (Å²) in [5, 5.41) is 1.53. The van der Waals surface area contributed by atoms with E-state index in [4.69, 9.17) is 0 Å². The molecule has 0 radical (unpaired) electrons. The minimum Gasteiger partial charge on any atom is -0.0910 e. The van der Waals surface area contributed by atoms with Crippen molar-refractivity contribution in [1.82, 2.24) is 0 Å². The molecule has 0 aliphatic heterocycles. The van der Waals surface area contributed by atoms with Gasteiger partial charge in [-0.05, 0) is 0 Å². The molecule has 0 aromatic carbocycles. The van der Waals surface area contributed by atoms with Crippen molar-refractivity contribution in [1.29, 1.82) is 0 Å². The molecule has 0 saturated carbocycles. The quantitative estimate of drug-likeness (QED) is 0.524. The molecule has 0 atom stereocenters. The van der Waals surface area contributed by atoms with E-state index in [2.05, 4.69) is 27.7 Å². The van der Waals surface area contributed by atoms with Gasteiger partial charge in [-0.2, -0.15) is 0 Å². The second-order valence-corrected chi connectivity index (χ2v) is 5.72. The third-order valence-corrected chi connectivity index (χ3v) is 3.96. The van der Waals surface area contributed by atoms with E-state index in [0.717, 1.165) is 10.5 Å². The molecule has 0 N–H and O–H groups in total. The predicted molar refractivity (Wildman–Crippen MR) is 45.5 cm³/mol. The van der Waals surface area contributed by atoms with Crippen LogP contribution in [0.5, 0.6) is 0 Å². The molecule has 0 rings (SSSR count). The second-order valence-electron chi connectivity index (χ2n) is 2.29. The van der Waals surface area contributed by atoms with Gasteiger partial charge in [0.2, 0.25) is 0 Å². The molecule has 0 unspecified atom stereocenters. The van der Waals surface area contributed by atoms with Crippen molar-refractivity contribution in [3.63, 3.8) is 0 Å². The fraction of sp³-hybridized carbons (Fsp3) is 1.00. The average molecular weight is 216 g/mol. The molecular formula is C6H14S2Zn. The summed E-state index contributed by atoms with van der Waals surface area (Å²) < 4.78 is 0. The van der Waals surface area contributed by atoms with Gasteiger partial charge in [0.05, 0.1) is 0 Å². The maximum Gasteiger partial charge on any atom is 0.00945 e. The zero-order valence-corrected chi connectivity index (χ0v) is 11.3. The molecule has 0 aliphatic carbocycles. The SMILES string of the molecule is CC(C)SSC(C)C.[Zn]. The van der Waals surface area contributed by atoms with Crippen molar-refractivity contribution in [2.24, 2.45) is 0 Å². The summed E-state index contributed by atoms with van der Waals surface area (Å²) in [5.74, 6) is 0. The number of hydrogen-bond donors (Lipinski definition) is 0. The largest absolute Gasteiger partial charge is 0.0910 e. The molecule has 0 aliphatic rings. The van der Waals surface area contributed by atoms with Gasteiger partial charge in [-0.1, -0.05) is 49.3 Å². The molecule has 0 amide bonds. The van der Waals surface area contributed by atoms with Crippen LogP contribution in [0.15, 0.2) is 0 Å². The van der Waals surface area contributed by atoms with Crippen LogP contribution in [-0.2, 0) is 19.5 Å². The minimum atomic E-state index is 0. The van der Waals surface area contributed by atoms with Crippen molar-refractivity contribution in [3.8, 4) is 0 Å². The van der Waals surface area contributed by atoms with E-state index in [-0.39, 0.29) is 19.5 Å². The maximum atomic E-state index is 2.22. The molecule has 0 nitrogen and oxygen atoms in total. The standard InChI is InChI=1S/C6H14S2.Zn/c1-5(2)7-8-6(3)4;/h5-6H,1-4H3;. The zero-order valence-electron chi connectivity index (χ0n) is 6.68. The Bertz CT molecular complexity index is 47.0. The maximum absolute atomic E-state index is 2.22. The van der Waals surface area contributed by atoms with E-state index in [9.17, 15) is 0 Å². The Hall–Kier alpha value is 1.32. The monoisotopic (exact) mass is 214 g/mol. The first-order valence-corrected chi connectivity index (χ1v) is 5.22. The molecule has 0 bridgehead atoms. The third kappa shape index (κ3) is 12.5. The number of rotatable bonds is 3. The fourth-order valence-corrected chi connectivity index (χ4v) is 2.00. The molecule has 0 aromatic rings. The van der Waals surface area contributed by atoms with Crippen LogP contribution in [0.1, 0.15) is 27.7 Å². The fourth-order valence-electron chi connectivity index (χ4n) is 0.222. The van der Waals surface area contributed by atoms with E-state index in [1.165, 1.54) is 0 Å². The summed E-state index contributed by atoms with van der Waals surface area (Å²) in [7, 11) is 3.91. The molecular weight excluding hydrogens is 202 g/mol. The first-order chi connectivity index (χ1) is 3.63. The first kappa shape index (κ1) is 13.0. The van der Waals surface area contributed by atoms with Gasteiger partial charge in [-0.3, -0.25) is 0 Å². The van der Waals surface area contributed by atoms with Crippen LogP contribution in [0.2, 0.25) is 0 Å². The molecule has 0 spiro atoms. The van der Waals surface area contributed by atoms with Gasteiger partial charge in [-0.15, -0.1) is 0 Å². The summed E-state index contributed by atoms with van der Waals surface area (Å²) in [6.07, 6.45) is 0. The van der Waals surface area contributed by atoms with Crippen molar-refractivity contribution >= 4 is 21.6 Å². The van der Waals surface area contributed by atoms with Crippen LogP contribution in [0.3, 0.4) is 0 Å². The Morgan fingerprint density at radius 2 is 1.00 bits per heavy atom. The molecule has 0 aromatic heterocycles. The normalized spacial score (nSPS) is 10.0. The van der Waals surface area contributed by atoms with Gasteiger partial charge >= 0.3 is 0 Å². The Kier molecular flexibility index (Phi) is 10.7. The van der Waals surface area contributed by atoms with Crippen molar-refractivity contribution < 1.29 is 19.5 Å². The summed E-state index contributed by atoms with van der Waals surface area (Å²) in [4.78, 5) is 0. The van der Waals surface area contributed by atoms with Gasteiger partial charge in [0.1, 0.15) is 0 Å². The van der Waals surface area contributed by atoms with E-state index >= 15 is 0 Å². The Labute approximate surface area is 79.1 Å². The smallest absolute Gasteiger partial charge is 0.00945 e. The Balaban J connectivity index is 0. The van der Waals surface area contributed by atoms with Crippen molar-refractivity contribution in [3.05, 3.63) is 0 Å². The van der Waals surface area contributed by atoms with Crippen LogP contribution < -0.4 is 0 Å². The van der Waals surface area contributed by atoms with Gasteiger partial charge in [0.15, 0.2) is 0 Å². The average Bonchev–Trinajstić information content (AvgIpc) is 1.61. The first-order valence-electron chi connectivity index (χ1n) is 2.95. The molecule has 0 fully saturated rings. The minimum absolute atomic E-state index is 0. The van der Waals surface area contributed by atoms with Crippen LogP contribution in [0.25, 0.3) is 0 Å². The van der Waals surface area contributed by atoms with Crippen LogP contribution in [0.4, 0.5) is 0 Å². The molecule has 3 heteroatoms. The van der Waals surface area contributed by atoms with E-state index < -0.39 is 0 Å². The van der Waals surface area contributed by atoms with E-state index in [1.54, 1.807) is 0 Å². The molecule has 52 valence electrons. The predicted octanol–water partition coefficient (Wildman–Crippen LogP) is 3.18. The summed E-state index contributed by atoms with van der Waals surface area (Å²) in [6, 6.07) is 0. The van der Waals surface area contributed by atoms with Crippen LogP contribution >= 0.6 is 21.6 Å². The number of hydrogen-bond acceptors (Lipinski definition) is 2. The van der Waals surface area contributed by atoms with Gasteiger partial charge in [0, 0.05) is 30.0 Å². The van der Waals surface area contributed by atoms with Gasteiger partial charge < -0.3 is 0 Å². The van der Waals surface area contributed by atoms with Crippen LogP contribution in [-0.4, -0.2) is 10.5 Å². The summed E-state index contributed by atoms with van der Waals surface area (Å²) in [6.45, 7) is 8.89. The van der Waals surface area contributed by atoms with E-state index in [1.807, 2.05) is 21.6 Å². The summed E-state index contributed by atoms with van der Waals surface area (Å²) in [5.41, 5.74) is 0. The van der Waals surface area contributed by atoms with Crippen molar-refractivity contribution in [2.45, 2.75) is 38.2 Å². The third-order valence-electron chi connectivity index (χ3n) is 0.440. The molecule has 9 heavy (non-hydrogen) atoms. The zero-order chi connectivity index (χ0) is 6.57. The summed E-state index contributed by atoms with van der Waals surface area (Å²) >= 11 is 0.